The van der Waals surface area contributed by atoms with E-state index in [2.05, 4.69) is 12.2 Å². The van der Waals surface area contributed by atoms with Gasteiger partial charge in [-0.3, -0.25) is 9.59 Å². The Hall–Kier alpha value is -3.80. The lowest BCUT2D eigenvalue weighted by atomic mass is 9.83. The van der Waals surface area contributed by atoms with Gasteiger partial charge in [0.1, 0.15) is 11.5 Å². The molecule has 0 aromatic heterocycles. The van der Waals surface area contributed by atoms with Crippen LogP contribution in [0.15, 0.2) is 72.8 Å². The fourth-order valence-corrected chi connectivity index (χ4v) is 4.46. The van der Waals surface area contributed by atoms with Crippen molar-refractivity contribution in [3.05, 3.63) is 83.9 Å². The molecule has 0 bridgehead atoms. The van der Waals surface area contributed by atoms with Crippen LogP contribution in [0, 0.1) is 5.92 Å². The lowest BCUT2D eigenvalue weighted by Crippen LogP contribution is -2.46. The van der Waals surface area contributed by atoms with E-state index in [1.165, 1.54) is 5.56 Å². The molecule has 176 valence electrons. The molecule has 0 unspecified atom stereocenters. The Kier molecular flexibility index (Phi) is 7.16. The standard InChI is InChI=1S/C28H30N2O4/c1-4-19-5-9-21(10-6-19)29-28(32)25-17-18-26(31)30(22-11-15-24(34-3)16-12-22)27(25)20-7-13-23(33-2)14-8-20/h5-16,25,27H,4,17-18H2,1-3H3,(H,29,32)/t25-,27+/m1/s1. The van der Waals surface area contributed by atoms with E-state index < -0.39 is 12.0 Å². The van der Waals surface area contributed by atoms with Gasteiger partial charge in [-0.25, -0.2) is 0 Å². The van der Waals surface area contributed by atoms with Crippen LogP contribution in [0.25, 0.3) is 0 Å². The predicted octanol–water partition coefficient (Wildman–Crippen LogP) is 5.39. The topological polar surface area (TPSA) is 67.9 Å². The summed E-state index contributed by atoms with van der Waals surface area (Å²) in [5.74, 6) is 0.899. The second-order valence-corrected chi connectivity index (χ2v) is 8.36. The molecule has 0 saturated carbocycles. The van der Waals surface area contributed by atoms with Gasteiger partial charge in [-0.1, -0.05) is 31.2 Å². The highest BCUT2D eigenvalue weighted by Crippen LogP contribution is 2.41. The first-order valence-corrected chi connectivity index (χ1v) is 11.5. The average Bonchev–Trinajstić information content (AvgIpc) is 2.89. The summed E-state index contributed by atoms with van der Waals surface area (Å²) < 4.78 is 10.6. The van der Waals surface area contributed by atoms with Gasteiger partial charge in [0.25, 0.3) is 0 Å². The number of amides is 2. The van der Waals surface area contributed by atoms with Gasteiger partial charge in [-0.15, -0.1) is 0 Å². The number of nitrogens with one attached hydrogen (secondary N) is 1. The van der Waals surface area contributed by atoms with Crippen LogP contribution in [0.4, 0.5) is 11.4 Å². The Morgan fingerprint density at radius 1 is 0.912 bits per heavy atom. The lowest BCUT2D eigenvalue weighted by molar-refractivity contribution is -0.125. The molecule has 1 heterocycles. The van der Waals surface area contributed by atoms with E-state index in [1.54, 1.807) is 19.1 Å². The SMILES string of the molecule is CCc1ccc(NC(=O)[C@@H]2CCC(=O)N(c3ccc(OC)cc3)[C@H]2c2ccc(OC)cc2)cc1. The fourth-order valence-electron chi connectivity index (χ4n) is 4.46. The maximum absolute atomic E-state index is 13.5. The zero-order valence-electron chi connectivity index (χ0n) is 19.8. The van der Waals surface area contributed by atoms with E-state index in [4.69, 9.17) is 9.47 Å². The first kappa shape index (κ1) is 23.4. The van der Waals surface area contributed by atoms with Crippen molar-refractivity contribution in [3.8, 4) is 11.5 Å². The number of carbonyl (C=O) groups excluding carboxylic acids is 2. The number of nitrogens with zero attached hydrogens (tertiary/aromatic N) is 1. The highest BCUT2D eigenvalue weighted by Gasteiger charge is 2.41. The van der Waals surface area contributed by atoms with E-state index in [0.29, 0.717) is 18.6 Å². The number of rotatable bonds is 7. The molecule has 1 aliphatic rings. The third kappa shape index (κ3) is 4.91. The van der Waals surface area contributed by atoms with E-state index >= 15 is 0 Å². The number of anilines is 2. The number of benzene rings is 3. The summed E-state index contributed by atoms with van der Waals surface area (Å²) in [5.41, 5.74) is 3.58. The molecule has 3 aromatic rings. The predicted molar refractivity (Wildman–Crippen MR) is 133 cm³/mol. The molecule has 1 saturated heterocycles. The Balaban J connectivity index is 1.70. The van der Waals surface area contributed by atoms with Gasteiger partial charge < -0.3 is 19.7 Å². The maximum Gasteiger partial charge on any atom is 0.229 e. The summed E-state index contributed by atoms with van der Waals surface area (Å²) in [7, 11) is 3.22. The molecule has 1 aliphatic heterocycles. The van der Waals surface area contributed by atoms with E-state index in [-0.39, 0.29) is 11.8 Å². The number of hydrogen-bond acceptors (Lipinski definition) is 4. The summed E-state index contributed by atoms with van der Waals surface area (Å²) in [4.78, 5) is 28.5. The molecule has 34 heavy (non-hydrogen) atoms. The van der Waals surface area contributed by atoms with Gasteiger partial charge in [0.2, 0.25) is 11.8 Å². The molecule has 4 rings (SSSR count). The number of aryl methyl sites for hydroxylation is 1. The summed E-state index contributed by atoms with van der Waals surface area (Å²) in [6.45, 7) is 2.10. The number of hydrogen-bond donors (Lipinski definition) is 1. The number of ether oxygens (including phenoxy) is 2. The normalized spacial score (nSPS) is 17.9. The van der Waals surface area contributed by atoms with Crippen LogP contribution in [0.3, 0.4) is 0 Å². The fraction of sp³-hybridized carbons (Fsp3) is 0.286. The van der Waals surface area contributed by atoms with Crippen molar-refractivity contribution in [1.82, 2.24) is 0 Å². The lowest BCUT2D eigenvalue weighted by Gasteiger charge is -2.41. The Labute approximate surface area is 200 Å². The summed E-state index contributed by atoms with van der Waals surface area (Å²) >= 11 is 0. The molecule has 0 radical (unpaired) electrons. The second-order valence-electron chi connectivity index (χ2n) is 8.36. The van der Waals surface area contributed by atoms with Crippen molar-refractivity contribution in [3.63, 3.8) is 0 Å². The molecule has 2 atom stereocenters. The van der Waals surface area contributed by atoms with Crippen LogP contribution in [0.2, 0.25) is 0 Å². The first-order valence-electron chi connectivity index (χ1n) is 11.5. The highest BCUT2D eigenvalue weighted by molar-refractivity contribution is 6.00. The van der Waals surface area contributed by atoms with Gasteiger partial charge in [0, 0.05) is 17.8 Å². The number of carbonyl (C=O) groups is 2. The molecule has 6 nitrogen and oxygen atoms in total. The molecule has 1 N–H and O–H groups in total. The van der Waals surface area contributed by atoms with Crippen molar-refractivity contribution in [2.24, 2.45) is 5.92 Å². The van der Waals surface area contributed by atoms with Crippen molar-refractivity contribution in [2.45, 2.75) is 32.2 Å². The summed E-state index contributed by atoms with van der Waals surface area (Å²) in [6, 6.07) is 22.4. The maximum atomic E-state index is 13.5. The van der Waals surface area contributed by atoms with Crippen LogP contribution in [0.5, 0.6) is 11.5 Å². The Morgan fingerprint density at radius 2 is 1.50 bits per heavy atom. The Morgan fingerprint density at radius 3 is 2.06 bits per heavy atom. The average molecular weight is 459 g/mol. The monoisotopic (exact) mass is 458 g/mol. The van der Waals surface area contributed by atoms with E-state index in [9.17, 15) is 9.59 Å². The molecule has 6 heteroatoms. The van der Waals surface area contributed by atoms with Crippen molar-refractivity contribution in [1.29, 1.82) is 0 Å². The van der Waals surface area contributed by atoms with Crippen molar-refractivity contribution < 1.29 is 19.1 Å². The zero-order chi connectivity index (χ0) is 24.1. The largest absolute Gasteiger partial charge is 0.497 e. The van der Waals surface area contributed by atoms with Crippen LogP contribution in [0.1, 0.15) is 36.9 Å². The molecule has 2 amide bonds. The smallest absolute Gasteiger partial charge is 0.229 e. The molecule has 0 spiro atoms. The molecular weight excluding hydrogens is 428 g/mol. The van der Waals surface area contributed by atoms with Gasteiger partial charge >= 0.3 is 0 Å². The van der Waals surface area contributed by atoms with Crippen molar-refractivity contribution >= 4 is 23.2 Å². The number of piperidine rings is 1. The minimum Gasteiger partial charge on any atom is -0.497 e. The Bertz CT molecular complexity index is 1120. The molecular formula is C28H30N2O4. The number of methoxy groups -OCH3 is 2. The first-order chi connectivity index (χ1) is 16.5. The quantitative estimate of drug-likeness (QED) is 0.516. The highest BCUT2D eigenvalue weighted by atomic mass is 16.5. The second kappa shape index (κ2) is 10.4. The van der Waals surface area contributed by atoms with E-state index in [0.717, 1.165) is 29.1 Å². The van der Waals surface area contributed by atoms with Crippen LogP contribution in [-0.4, -0.2) is 26.0 Å². The minimum absolute atomic E-state index is 0.0117. The van der Waals surface area contributed by atoms with Gasteiger partial charge in [-0.2, -0.15) is 0 Å². The molecule has 1 fully saturated rings. The van der Waals surface area contributed by atoms with Gasteiger partial charge in [-0.05, 0) is 72.5 Å². The minimum atomic E-state index is -0.449. The van der Waals surface area contributed by atoms with Gasteiger partial charge in [0.15, 0.2) is 0 Å². The van der Waals surface area contributed by atoms with Crippen LogP contribution in [-0.2, 0) is 16.0 Å². The van der Waals surface area contributed by atoms with Crippen molar-refractivity contribution in [2.75, 3.05) is 24.4 Å². The van der Waals surface area contributed by atoms with Crippen LogP contribution < -0.4 is 19.7 Å². The molecule has 0 aliphatic carbocycles. The third-order valence-corrected chi connectivity index (χ3v) is 6.37. The van der Waals surface area contributed by atoms with Crippen LogP contribution >= 0.6 is 0 Å². The van der Waals surface area contributed by atoms with E-state index in [1.807, 2.05) is 72.8 Å². The summed E-state index contributed by atoms with van der Waals surface area (Å²) in [5, 5.41) is 3.07. The van der Waals surface area contributed by atoms with Gasteiger partial charge in [0.05, 0.1) is 26.2 Å². The summed E-state index contributed by atoms with van der Waals surface area (Å²) in [6.07, 6.45) is 1.71. The zero-order valence-corrected chi connectivity index (χ0v) is 19.8. The molecule has 3 aromatic carbocycles. The third-order valence-electron chi connectivity index (χ3n) is 6.37.